The highest BCUT2D eigenvalue weighted by Gasteiger charge is 2.65. The second-order valence-corrected chi connectivity index (χ2v) is 15.6. The molecule has 1 aromatic rings. The van der Waals surface area contributed by atoms with Gasteiger partial charge in [0, 0.05) is 30.6 Å². The van der Waals surface area contributed by atoms with Gasteiger partial charge >= 0.3 is 5.97 Å². The Labute approximate surface area is 271 Å². The lowest BCUT2D eigenvalue weighted by molar-refractivity contribution is -0.409. The molecule has 260 valence electrons. The molecular weight excluding hydrogens is 596 g/mol. The van der Waals surface area contributed by atoms with Gasteiger partial charge in [0.15, 0.2) is 24.2 Å². The van der Waals surface area contributed by atoms with E-state index < -0.39 is 41.6 Å². The predicted molar refractivity (Wildman–Crippen MR) is 163 cm³/mol. The summed E-state index contributed by atoms with van der Waals surface area (Å²) in [5.41, 5.74) is -2.27. The summed E-state index contributed by atoms with van der Waals surface area (Å²) in [6, 6.07) is 3.68. The Morgan fingerprint density at radius 3 is 1.93 bits per heavy atom. The highest BCUT2D eigenvalue weighted by Crippen LogP contribution is 2.57. The number of hydrogen-bond donors (Lipinski definition) is 4. The van der Waals surface area contributed by atoms with Gasteiger partial charge in [-0.05, 0) is 88.2 Å². The van der Waals surface area contributed by atoms with Crippen molar-refractivity contribution in [3.63, 3.8) is 0 Å². The standard InChI is InChI=1S/C20H30O6.C15H24O5/c1-12-6-7-16-13(2)17(24-11-14-5-4-10-23-14)25-18-20(16,22)15(12)8-9-19(3,21)26-18;1-8-4-5-11-9(2)12(16)19-13-15(11,18)10(8)6-7-14(3,17)20-13/h4-5,10,12-13,15-18,21-22H,6-9,11H2,1-3H3;8-11,13,17-18H,4-7H2,1-3H3/t12-,13-,15?,16?,17?,18-,19-,20-;8-,9-,10?,11?,13-,14-,15-/m11/s1. The first-order valence-corrected chi connectivity index (χ1v) is 17.3. The summed E-state index contributed by atoms with van der Waals surface area (Å²) in [6.45, 7) is 11.7. The second-order valence-electron chi connectivity index (χ2n) is 15.6. The molecular formula is C35H54O11. The maximum absolute atomic E-state index is 12.0. The van der Waals surface area contributed by atoms with Crippen molar-refractivity contribution >= 4 is 5.97 Å². The molecule has 15 atom stereocenters. The molecule has 4 N–H and O–H groups in total. The van der Waals surface area contributed by atoms with Gasteiger partial charge in [-0.1, -0.05) is 27.7 Å². The topological polar surface area (TPSA) is 157 Å². The Balaban J connectivity index is 0.000000167. The van der Waals surface area contributed by atoms with Crippen LogP contribution in [0.25, 0.3) is 0 Å². The number of hydrogen-bond acceptors (Lipinski definition) is 11. The van der Waals surface area contributed by atoms with Crippen LogP contribution in [0.4, 0.5) is 0 Å². The smallest absolute Gasteiger partial charge is 0.311 e. The summed E-state index contributed by atoms with van der Waals surface area (Å²) in [5.74, 6) is -1.97. The Morgan fingerprint density at radius 1 is 0.783 bits per heavy atom. The van der Waals surface area contributed by atoms with Crippen LogP contribution in [0.15, 0.2) is 22.8 Å². The molecule has 46 heavy (non-hydrogen) atoms. The zero-order chi connectivity index (χ0) is 33.2. The predicted octanol–water partition coefficient (Wildman–Crippen LogP) is 4.44. The Hall–Kier alpha value is -1.57. The molecule has 11 nitrogen and oxygen atoms in total. The fourth-order valence-corrected chi connectivity index (χ4v) is 9.71. The van der Waals surface area contributed by atoms with E-state index >= 15 is 0 Å². The molecule has 0 amide bonds. The third-order valence-corrected chi connectivity index (χ3v) is 12.4. The molecule has 11 heteroatoms. The van der Waals surface area contributed by atoms with Crippen molar-refractivity contribution in [2.75, 3.05) is 0 Å². The molecule has 5 heterocycles. The van der Waals surface area contributed by atoms with Crippen molar-refractivity contribution in [1.82, 2.24) is 0 Å². The van der Waals surface area contributed by atoms with Crippen LogP contribution in [-0.4, -0.2) is 68.0 Å². The van der Waals surface area contributed by atoms with Crippen LogP contribution in [-0.2, 0) is 35.1 Å². The molecule has 0 spiro atoms. The van der Waals surface area contributed by atoms with Crippen LogP contribution in [0.3, 0.4) is 0 Å². The van der Waals surface area contributed by atoms with E-state index in [-0.39, 0.29) is 41.5 Å². The molecule has 1 aromatic heterocycles. The molecule has 5 unspecified atom stereocenters. The fourth-order valence-electron chi connectivity index (χ4n) is 9.71. The van der Waals surface area contributed by atoms with Gasteiger partial charge in [0.05, 0.1) is 12.2 Å². The highest BCUT2D eigenvalue weighted by atomic mass is 16.8. The monoisotopic (exact) mass is 650 g/mol. The Kier molecular flexibility index (Phi) is 9.24. The zero-order valence-electron chi connectivity index (χ0n) is 28.1. The van der Waals surface area contributed by atoms with Gasteiger partial charge < -0.3 is 48.5 Å². The van der Waals surface area contributed by atoms with E-state index in [1.807, 2.05) is 19.1 Å². The van der Waals surface area contributed by atoms with Gasteiger partial charge in [0.2, 0.25) is 6.29 Å². The van der Waals surface area contributed by atoms with Crippen molar-refractivity contribution in [3.8, 4) is 0 Å². The molecule has 0 aromatic carbocycles. The molecule has 7 rings (SSSR count). The largest absolute Gasteiger partial charge is 0.467 e. The van der Waals surface area contributed by atoms with Crippen LogP contribution in [0.1, 0.15) is 98.7 Å². The number of rotatable bonds is 3. The van der Waals surface area contributed by atoms with E-state index in [2.05, 4.69) is 20.8 Å². The summed E-state index contributed by atoms with van der Waals surface area (Å²) < 4.78 is 34.2. The van der Waals surface area contributed by atoms with Gasteiger partial charge in [-0.2, -0.15) is 0 Å². The van der Waals surface area contributed by atoms with Crippen LogP contribution in [0.5, 0.6) is 0 Å². The van der Waals surface area contributed by atoms with E-state index in [0.717, 1.165) is 37.9 Å². The molecule has 2 saturated carbocycles. The second kappa shape index (κ2) is 12.4. The van der Waals surface area contributed by atoms with E-state index in [0.29, 0.717) is 37.7 Å². The average Bonchev–Trinajstić information content (AvgIpc) is 3.43. The lowest BCUT2D eigenvalue weighted by atomic mass is 9.58. The zero-order valence-corrected chi connectivity index (χ0v) is 28.1. The van der Waals surface area contributed by atoms with Gasteiger partial charge in [-0.15, -0.1) is 0 Å². The van der Waals surface area contributed by atoms with E-state index in [9.17, 15) is 25.2 Å². The summed E-state index contributed by atoms with van der Waals surface area (Å²) in [7, 11) is 0. The summed E-state index contributed by atoms with van der Waals surface area (Å²) >= 11 is 0. The van der Waals surface area contributed by atoms with E-state index in [1.165, 1.54) is 0 Å². The quantitative estimate of drug-likeness (QED) is 0.343. The lowest BCUT2D eigenvalue weighted by Crippen LogP contribution is -2.67. The Morgan fingerprint density at radius 2 is 1.35 bits per heavy atom. The summed E-state index contributed by atoms with van der Waals surface area (Å²) in [5, 5.41) is 43.9. The minimum absolute atomic E-state index is 0.00391. The number of ether oxygens (including phenoxy) is 5. The van der Waals surface area contributed by atoms with Crippen molar-refractivity contribution in [2.24, 2.45) is 47.3 Å². The number of esters is 1. The average molecular weight is 651 g/mol. The SMILES string of the molecule is C[C@@H]1CCC2[C@@H](C)C(=O)O[C@@H]3O[C@@](C)(O)CCC1[C@@]23O.C[C@H]1C(OCc2ccco2)O[C@@H]2O[C@@](C)(O)CCC3[C@H](C)CCC1[C@]32O. The number of carbonyl (C=O) groups is 1. The van der Waals surface area contributed by atoms with Crippen molar-refractivity contribution in [2.45, 2.75) is 141 Å². The van der Waals surface area contributed by atoms with E-state index in [1.54, 1.807) is 20.1 Å². The molecule has 0 bridgehead atoms. The fraction of sp³-hybridized carbons (Fsp3) is 0.857. The normalized spacial score (nSPS) is 51.7. The first-order valence-electron chi connectivity index (χ1n) is 17.3. The molecule has 4 aliphatic heterocycles. The molecule has 6 aliphatic rings. The Bertz CT molecular complexity index is 1220. The first-order chi connectivity index (χ1) is 21.6. The molecule has 4 saturated heterocycles. The van der Waals surface area contributed by atoms with Crippen LogP contribution in [0.2, 0.25) is 0 Å². The van der Waals surface area contributed by atoms with Crippen LogP contribution < -0.4 is 0 Å². The van der Waals surface area contributed by atoms with Crippen molar-refractivity contribution < 1.29 is 53.3 Å². The molecule has 0 radical (unpaired) electrons. The number of carbonyl (C=O) groups excluding carboxylic acids is 1. The third-order valence-electron chi connectivity index (χ3n) is 12.4. The van der Waals surface area contributed by atoms with Gasteiger partial charge in [-0.3, -0.25) is 4.79 Å². The van der Waals surface area contributed by atoms with E-state index in [4.69, 9.17) is 28.1 Å². The van der Waals surface area contributed by atoms with Gasteiger partial charge in [-0.25, -0.2) is 0 Å². The van der Waals surface area contributed by atoms with Crippen molar-refractivity contribution in [3.05, 3.63) is 24.2 Å². The lowest BCUT2D eigenvalue weighted by Gasteiger charge is -2.57. The minimum atomic E-state index is -1.36. The first kappa shape index (κ1) is 34.3. The number of furan rings is 1. The maximum atomic E-state index is 12.0. The van der Waals surface area contributed by atoms with Crippen molar-refractivity contribution in [1.29, 1.82) is 0 Å². The van der Waals surface area contributed by atoms with Gasteiger partial charge in [0.25, 0.3) is 0 Å². The van der Waals surface area contributed by atoms with Crippen LogP contribution in [0, 0.1) is 47.3 Å². The summed E-state index contributed by atoms with van der Waals surface area (Å²) in [4.78, 5) is 12.0. The van der Waals surface area contributed by atoms with Gasteiger partial charge in [0.1, 0.15) is 23.6 Å². The number of aliphatic hydroxyl groups is 4. The minimum Gasteiger partial charge on any atom is -0.467 e. The maximum Gasteiger partial charge on any atom is 0.311 e. The highest BCUT2D eigenvalue weighted by molar-refractivity contribution is 5.74. The molecule has 6 fully saturated rings. The summed E-state index contributed by atoms with van der Waals surface area (Å²) in [6.07, 6.45) is 5.24. The third kappa shape index (κ3) is 5.97. The van der Waals surface area contributed by atoms with Crippen LogP contribution >= 0.6 is 0 Å². The molecule has 2 aliphatic carbocycles.